The first-order valence-corrected chi connectivity index (χ1v) is 7.76. The topological polar surface area (TPSA) is 24.9 Å². The molecule has 0 aliphatic heterocycles. The molecule has 0 saturated carbocycles. The van der Waals surface area contributed by atoms with E-state index >= 15 is 0 Å². The van der Waals surface area contributed by atoms with E-state index < -0.39 is 0 Å². The normalized spacial score (nSPS) is 10.9. The van der Waals surface area contributed by atoms with Crippen molar-refractivity contribution in [1.29, 1.82) is 0 Å². The average Bonchev–Trinajstić information content (AvgIpc) is 2.76. The highest BCUT2D eigenvalue weighted by Gasteiger charge is 2.09. The maximum absolute atomic E-state index is 4.70. The van der Waals surface area contributed by atoms with E-state index in [0.29, 0.717) is 0 Å². The van der Waals surface area contributed by atoms with Crippen molar-refractivity contribution in [3.05, 3.63) is 40.4 Å². The predicted octanol–water partition coefficient (Wildman–Crippen LogP) is 4.32. The van der Waals surface area contributed by atoms with Crippen LogP contribution in [0.4, 0.5) is 0 Å². The number of benzene rings is 1. The van der Waals surface area contributed by atoms with Crippen LogP contribution in [0.25, 0.3) is 10.6 Å². The van der Waals surface area contributed by atoms with Gasteiger partial charge >= 0.3 is 0 Å². The van der Waals surface area contributed by atoms with Crippen LogP contribution in [0.5, 0.6) is 0 Å². The summed E-state index contributed by atoms with van der Waals surface area (Å²) in [4.78, 5) is 6.05. The molecule has 1 N–H and O–H groups in total. The summed E-state index contributed by atoms with van der Waals surface area (Å²) in [6.07, 6.45) is 2.48. The molecule has 2 nitrogen and oxygen atoms in total. The fourth-order valence-electron chi connectivity index (χ4n) is 2.00. The zero-order chi connectivity index (χ0) is 13.7. The third kappa shape index (κ3) is 3.88. The van der Waals surface area contributed by atoms with E-state index in [2.05, 4.69) is 50.4 Å². The Bertz CT molecular complexity index is 531. The van der Waals surface area contributed by atoms with Gasteiger partial charge in [0.1, 0.15) is 5.01 Å². The van der Waals surface area contributed by atoms with Gasteiger partial charge in [-0.15, -0.1) is 11.3 Å². The van der Waals surface area contributed by atoms with Gasteiger partial charge in [-0.05, 0) is 32.9 Å². The predicted molar refractivity (Wildman–Crippen MR) is 83.6 cm³/mol. The van der Waals surface area contributed by atoms with Crippen LogP contribution >= 0.6 is 11.3 Å². The molecule has 0 spiro atoms. The van der Waals surface area contributed by atoms with Crippen LogP contribution in [0.1, 0.15) is 35.9 Å². The molecule has 3 heteroatoms. The molecule has 1 aromatic carbocycles. The molecule has 19 heavy (non-hydrogen) atoms. The van der Waals surface area contributed by atoms with E-state index in [9.17, 15) is 0 Å². The summed E-state index contributed by atoms with van der Waals surface area (Å²) in [5, 5.41) is 4.62. The van der Waals surface area contributed by atoms with E-state index in [0.717, 1.165) is 23.8 Å². The Labute approximate surface area is 119 Å². The first-order valence-electron chi connectivity index (χ1n) is 6.94. The number of nitrogens with zero attached hydrogens (tertiary/aromatic N) is 1. The number of rotatable bonds is 6. The number of aromatic nitrogens is 1. The standard InChI is InChI=1S/C16H22N2S/c1-4-5-9-17-11-15-13(3)18-16(19-15)14-8-6-7-12(2)10-14/h6-8,10,17H,4-5,9,11H2,1-3H3. The smallest absolute Gasteiger partial charge is 0.123 e. The number of thiazole rings is 1. The third-order valence-electron chi connectivity index (χ3n) is 3.15. The molecule has 0 atom stereocenters. The van der Waals surface area contributed by atoms with E-state index in [1.54, 1.807) is 11.3 Å². The number of hydrogen-bond acceptors (Lipinski definition) is 3. The van der Waals surface area contributed by atoms with Gasteiger partial charge in [0, 0.05) is 17.0 Å². The maximum Gasteiger partial charge on any atom is 0.123 e. The van der Waals surface area contributed by atoms with Crippen molar-refractivity contribution in [2.24, 2.45) is 0 Å². The molecule has 1 aromatic heterocycles. The van der Waals surface area contributed by atoms with Crippen LogP contribution in [-0.2, 0) is 6.54 Å². The lowest BCUT2D eigenvalue weighted by atomic mass is 10.1. The molecule has 0 amide bonds. The van der Waals surface area contributed by atoms with Gasteiger partial charge in [0.05, 0.1) is 5.69 Å². The van der Waals surface area contributed by atoms with Crippen molar-refractivity contribution in [2.75, 3.05) is 6.54 Å². The van der Waals surface area contributed by atoms with E-state index in [4.69, 9.17) is 4.98 Å². The lowest BCUT2D eigenvalue weighted by Crippen LogP contribution is -2.14. The summed E-state index contributed by atoms with van der Waals surface area (Å²) in [5.74, 6) is 0. The van der Waals surface area contributed by atoms with Gasteiger partial charge in [-0.3, -0.25) is 0 Å². The minimum Gasteiger partial charge on any atom is -0.312 e. The minimum atomic E-state index is 0.940. The number of hydrogen-bond donors (Lipinski definition) is 1. The van der Waals surface area contributed by atoms with Crippen molar-refractivity contribution in [1.82, 2.24) is 10.3 Å². The molecule has 0 bridgehead atoms. The Balaban J connectivity index is 2.08. The quantitative estimate of drug-likeness (QED) is 0.794. The van der Waals surface area contributed by atoms with Crippen LogP contribution < -0.4 is 5.32 Å². The van der Waals surface area contributed by atoms with E-state index in [-0.39, 0.29) is 0 Å². The van der Waals surface area contributed by atoms with Crippen LogP contribution in [0.2, 0.25) is 0 Å². The van der Waals surface area contributed by atoms with Crippen molar-refractivity contribution in [3.8, 4) is 10.6 Å². The van der Waals surface area contributed by atoms with Gasteiger partial charge in [0.2, 0.25) is 0 Å². The Morgan fingerprint density at radius 1 is 1.26 bits per heavy atom. The van der Waals surface area contributed by atoms with Gasteiger partial charge in [-0.1, -0.05) is 37.1 Å². The van der Waals surface area contributed by atoms with Crippen LogP contribution in [0, 0.1) is 13.8 Å². The Kier molecular flexibility index (Phi) is 5.11. The molecule has 0 unspecified atom stereocenters. The second-order valence-corrected chi connectivity index (χ2v) is 6.01. The monoisotopic (exact) mass is 274 g/mol. The summed E-state index contributed by atoms with van der Waals surface area (Å²) >= 11 is 1.81. The molecule has 0 saturated heterocycles. The molecule has 0 aliphatic carbocycles. The fourth-order valence-corrected chi connectivity index (χ4v) is 3.03. The molecule has 0 fully saturated rings. The lowest BCUT2D eigenvalue weighted by Gasteiger charge is -2.01. The fraction of sp³-hybridized carbons (Fsp3) is 0.438. The molecule has 102 valence electrons. The molecule has 2 aromatic rings. The van der Waals surface area contributed by atoms with Gasteiger partial charge in [-0.2, -0.15) is 0 Å². The van der Waals surface area contributed by atoms with Crippen LogP contribution in [-0.4, -0.2) is 11.5 Å². The zero-order valence-electron chi connectivity index (χ0n) is 12.0. The Morgan fingerprint density at radius 2 is 2.11 bits per heavy atom. The van der Waals surface area contributed by atoms with Gasteiger partial charge in [0.15, 0.2) is 0 Å². The van der Waals surface area contributed by atoms with E-state index in [1.165, 1.54) is 28.8 Å². The first-order chi connectivity index (χ1) is 9.20. The van der Waals surface area contributed by atoms with Crippen molar-refractivity contribution in [3.63, 3.8) is 0 Å². The highest BCUT2D eigenvalue weighted by atomic mass is 32.1. The summed E-state index contributed by atoms with van der Waals surface area (Å²) in [5.41, 5.74) is 3.67. The highest BCUT2D eigenvalue weighted by molar-refractivity contribution is 7.15. The largest absolute Gasteiger partial charge is 0.312 e. The number of unbranched alkanes of at least 4 members (excludes halogenated alkanes) is 1. The summed E-state index contributed by atoms with van der Waals surface area (Å²) in [6, 6.07) is 8.56. The van der Waals surface area contributed by atoms with Gasteiger partial charge in [0.25, 0.3) is 0 Å². The van der Waals surface area contributed by atoms with Crippen molar-refractivity contribution < 1.29 is 0 Å². The third-order valence-corrected chi connectivity index (χ3v) is 4.36. The molecule has 0 aliphatic rings. The highest BCUT2D eigenvalue weighted by Crippen LogP contribution is 2.28. The minimum absolute atomic E-state index is 0.940. The maximum atomic E-state index is 4.70. The zero-order valence-corrected chi connectivity index (χ0v) is 12.8. The average molecular weight is 274 g/mol. The van der Waals surface area contributed by atoms with Crippen LogP contribution in [0.3, 0.4) is 0 Å². The lowest BCUT2D eigenvalue weighted by molar-refractivity contribution is 0.644. The van der Waals surface area contributed by atoms with E-state index in [1.807, 2.05) is 0 Å². The summed E-state index contributed by atoms with van der Waals surface area (Å²) < 4.78 is 0. The van der Waals surface area contributed by atoms with Crippen LogP contribution in [0.15, 0.2) is 24.3 Å². The molecular weight excluding hydrogens is 252 g/mol. The summed E-state index contributed by atoms with van der Waals surface area (Å²) in [7, 11) is 0. The second kappa shape index (κ2) is 6.83. The number of aryl methyl sites for hydroxylation is 2. The second-order valence-electron chi connectivity index (χ2n) is 4.93. The van der Waals surface area contributed by atoms with Crippen molar-refractivity contribution >= 4 is 11.3 Å². The van der Waals surface area contributed by atoms with Gasteiger partial charge in [-0.25, -0.2) is 4.98 Å². The molecule has 2 rings (SSSR count). The molecular formula is C16H22N2S. The SMILES string of the molecule is CCCCNCc1sc(-c2cccc(C)c2)nc1C. The molecule has 1 heterocycles. The Morgan fingerprint density at radius 3 is 2.84 bits per heavy atom. The van der Waals surface area contributed by atoms with Crippen molar-refractivity contribution in [2.45, 2.75) is 40.2 Å². The Hall–Kier alpha value is -1.19. The number of nitrogens with one attached hydrogen (secondary N) is 1. The first kappa shape index (κ1) is 14.2. The summed E-state index contributed by atoms with van der Waals surface area (Å²) in [6.45, 7) is 8.47. The molecule has 0 radical (unpaired) electrons. The van der Waals surface area contributed by atoms with Gasteiger partial charge < -0.3 is 5.32 Å².